The van der Waals surface area contributed by atoms with E-state index in [0.29, 0.717) is 0 Å². The fourth-order valence-electron chi connectivity index (χ4n) is 0.339. The van der Waals surface area contributed by atoms with Crippen molar-refractivity contribution in [1.29, 1.82) is 0 Å². The van der Waals surface area contributed by atoms with E-state index >= 15 is 0 Å². The Balaban J connectivity index is 0. The standard InChI is InChI=1S/C7H8ClNO.C2H6/c1-3-5-9-6(4-2)7(8)10;1-2/h3-5H,2H2,1H3;1-2H3/b5-3-,9-6?;. The minimum Gasteiger partial charge on any atom is -0.274 e. The van der Waals surface area contributed by atoms with Crippen molar-refractivity contribution >= 4 is 22.6 Å². The number of carbonyl (C=O) groups is 1. The average molecular weight is 188 g/mol. The SMILES string of the molecule is C=CC(=N/C=C\C)C(=O)Cl.CC. The molecule has 0 aliphatic carbocycles. The summed E-state index contributed by atoms with van der Waals surface area (Å²) in [6.07, 6.45) is 4.50. The third-order valence-electron chi connectivity index (χ3n) is 0.757. The molecule has 0 atom stereocenters. The van der Waals surface area contributed by atoms with E-state index in [9.17, 15) is 4.79 Å². The Labute approximate surface area is 78.6 Å². The van der Waals surface area contributed by atoms with Gasteiger partial charge < -0.3 is 0 Å². The first-order valence-corrected chi connectivity index (χ1v) is 4.11. The molecule has 0 saturated heterocycles. The van der Waals surface area contributed by atoms with Crippen LogP contribution in [-0.4, -0.2) is 11.0 Å². The van der Waals surface area contributed by atoms with Crippen molar-refractivity contribution in [3.63, 3.8) is 0 Å². The van der Waals surface area contributed by atoms with Gasteiger partial charge in [-0.1, -0.05) is 26.5 Å². The third kappa shape index (κ3) is 7.22. The number of nitrogens with zero attached hydrogens (tertiary/aromatic N) is 1. The Kier molecular flexibility index (Phi) is 11.5. The zero-order chi connectivity index (χ0) is 9.98. The Morgan fingerprint density at radius 2 is 2.00 bits per heavy atom. The van der Waals surface area contributed by atoms with E-state index in [1.165, 1.54) is 12.3 Å². The molecule has 0 rings (SSSR count). The maximum absolute atomic E-state index is 10.4. The molecule has 68 valence electrons. The topological polar surface area (TPSA) is 29.4 Å². The predicted molar refractivity (Wildman–Crippen MR) is 54.7 cm³/mol. The van der Waals surface area contributed by atoms with Crippen molar-refractivity contribution in [3.8, 4) is 0 Å². The number of carbonyl (C=O) groups excluding carboxylic acids is 1. The summed E-state index contributed by atoms with van der Waals surface area (Å²) in [7, 11) is 0. The monoisotopic (exact) mass is 187 g/mol. The van der Waals surface area contributed by atoms with Gasteiger partial charge in [0.05, 0.1) is 0 Å². The smallest absolute Gasteiger partial charge is 0.270 e. The molecule has 0 bridgehead atoms. The second-order valence-corrected chi connectivity index (χ2v) is 1.82. The van der Waals surface area contributed by atoms with Crippen molar-refractivity contribution in [1.82, 2.24) is 0 Å². The summed E-state index contributed by atoms with van der Waals surface area (Å²) < 4.78 is 0. The van der Waals surface area contributed by atoms with Crippen molar-refractivity contribution in [2.75, 3.05) is 0 Å². The van der Waals surface area contributed by atoms with Crippen LogP contribution < -0.4 is 0 Å². The molecule has 0 aliphatic heterocycles. The lowest BCUT2D eigenvalue weighted by atomic mass is 10.4. The van der Waals surface area contributed by atoms with Crippen LogP contribution in [0.4, 0.5) is 0 Å². The Hall–Kier alpha value is -0.890. The van der Waals surface area contributed by atoms with E-state index in [4.69, 9.17) is 11.6 Å². The van der Waals surface area contributed by atoms with E-state index in [1.807, 2.05) is 13.8 Å². The van der Waals surface area contributed by atoms with Gasteiger partial charge in [0.2, 0.25) is 0 Å². The largest absolute Gasteiger partial charge is 0.274 e. The van der Waals surface area contributed by atoms with Gasteiger partial charge in [0.25, 0.3) is 5.24 Å². The second-order valence-electron chi connectivity index (χ2n) is 1.47. The first kappa shape index (κ1) is 13.7. The van der Waals surface area contributed by atoms with Crippen LogP contribution in [0.3, 0.4) is 0 Å². The van der Waals surface area contributed by atoms with E-state index in [2.05, 4.69) is 11.6 Å². The van der Waals surface area contributed by atoms with Gasteiger partial charge in [0.1, 0.15) is 5.71 Å². The van der Waals surface area contributed by atoms with Gasteiger partial charge in [-0.2, -0.15) is 0 Å². The molecular weight excluding hydrogens is 174 g/mol. The van der Waals surface area contributed by atoms with Crippen LogP contribution in [0.25, 0.3) is 0 Å². The highest BCUT2D eigenvalue weighted by atomic mass is 35.5. The van der Waals surface area contributed by atoms with Crippen LogP contribution in [0.1, 0.15) is 20.8 Å². The number of hydrogen-bond acceptors (Lipinski definition) is 2. The number of allylic oxidation sites excluding steroid dienone is 2. The third-order valence-corrected chi connectivity index (χ3v) is 0.951. The first-order chi connectivity index (χ1) is 5.72. The maximum Gasteiger partial charge on any atom is 0.270 e. The normalized spacial score (nSPS) is 10.5. The zero-order valence-corrected chi connectivity index (χ0v) is 8.43. The molecule has 0 heterocycles. The Morgan fingerprint density at radius 3 is 2.25 bits per heavy atom. The maximum atomic E-state index is 10.4. The molecule has 0 aromatic carbocycles. The number of hydrogen-bond donors (Lipinski definition) is 0. The number of halogens is 1. The highest BCUT2D eigenvalue weighted by Crippen LogP contribution is 1.89. The molecule has 0 aliphatic rings. The fraction of sp³-hybridized carbons (Fsp3) is 0.333. The molecule has 0 saturated carbocycles. The highest BCUT2D eigenvalue weighted by Gasteiger charge is 1.99. The van der Waals surface area contributed by atoms with Gasteiger partial charge in [-0.3, -0.25) is 9.79 Å². The molecule has 0 unspecified atom stereocenters. The van der Waals surface area contributed by atoms with Crippen molar-refractivity contribution < 1.29 is 4.79 Å². The van der Waals surface area contributed by atoms with Crippen LogP contribution in [0.15, 0.2) is 29.9 Å². The van der Waals surface area contributed by atoms with Crippen LogP contribution in [0.5, 0.6) is 0 Å². The molecule has 0 amide bonds. The Bertz CT molecular complexity index is 195. The Morgan fingerprint density at radius 1 is 1.50 bits per heavy atom. The minimum absolute atomic E-state index is 0.166. The molecule has 0 aromatic rings. The number of rotatable bonds is 3. The molecule has 0 radical (unpaired) electrons. The fourth-order valence-corrected chi connectivity index (χ4v) is 0.464. The first-order valence-electron chi connectivity index (χ1n) is 3.73. The van der Waals surface area contributed by atoms with Gasteiger partial charge in [-0.15, -0.1) is 0 Å². The highest BCUT2D eigenvalue weighted by molar-refractivity contribution is 6.83. The lowest BCUT2D eigenvalue weighted by molar-refractivity contribution is -0.106. The average Bonchev–Trinajstić information content (AvgIpc) is 2.09. The van der Waals surface area contributed by atoms with Gasteiger partial charge in [0.15, 0.2) is 0 Å². The molecular formula is C9H14ClNO. The minimum atomic E-state index is -0.590. The van der Waals surface area contributed by atoms with E-state index < -0.39 is 5.24 Å². The molecule has 0 spiro atoms. The van der Waals surface area contributed by atoms with Crippen LogP contribution in [0, 0.1) is 0 Å². The van der Waals surface area contributed by atoms with Crippen LogP contribution >= 0.6 is 11.6 Å². The van der Waals surface area contributed by atoms with E-state index in [0.717, 1.165) is 0 Å². The summed E-state index contributed by atoms with van der Waals surface area (Å²) in [6.45, 7) is 9.16. The lowest BCUT2D eigenvalue weighted by Gasteiger charge is -1.86. The van der Waals surface area contributed by atoms with Crippen LogP contribution in [0.2, 0.25) is 0 Å². The zero-order valence-electron chi connectivity index (χ0n) is 7.67. The molecule has 2 nitrogen and oxygen atoms in total. The molecule has 3 heteroatoms. The summed E-state index contributed by atoms with van der Waals surface area (Å²) >= 11 is 5.10. The van der Waals surface area contributed by atoms with Gasteiger partial charge in [-0.25, -0.2) is 0 Å². The second kappa shape index (κ2) is 10.1. The van der Waals surface area contributed by atoms with Crippen molar-refractivity contribution in [2.45, 2.75) is 20.8 Å². The summed E-state index contributed by atoms with van der Waals surface area (Å²) in [5.41, 5.74) is 0.166. The summed E-state index contributed by atoms with van der Waals surface area (Å²) in [5.74, 6) is 0. The summed E-state index contributed by atoms with van der Waals surface area (Å²) in [5, 5.41) is -0.590. The molecule has 0 fully saturated rings. The van der Waals surface area contributed by atoms with Gasteiger partial charge >= 0.3 is 0 Å². The lowest BCUT2D eigenvalue weighted by Crippen LogP contribution is -2.01. The van der Waals surface area contributed by atoms with E-state index in [1.54, 1.807) is 13.0 Å². The van der Waals surface area contributed by atoms with Crippen molar-refractivity contribution in [3.05, 3.63) is 24.9 Å². The number of aliphatic imine (C=N–C) groups is 1. The molecule has 0 aromatic heterocycles. The van der Waals surface area contributed by atoms with Gasteiger partial charge in [-0.05, 0) is 24.6 Å². The summed E-state index contributed by atoms with van der Waals surface area (Å²) in [6, 6.07) is 0. The molecule has 12 heavy (non-hydrogen) atoms. The van der Waals surface area contributed by atoms with Gasteiger partial charge in [0, 0.05) is 6.20 Å². The van der Waals surface area contributed by atoms with Crippen molar-refractivity contribution in [2.24, 2.45) is 4.99 Å². The van der Waals surface area contributed by atoms with Crippen LogP contribution in [-0.2, 0) is 4.79 Å². The predicted octanol–water partition coefficient (Wildman–Crippen LogP) is 2.94. The molecule has 0 N–H and O–H groups in total. The van der Waals surface area contributed by atoms with E-state index in [-0.39, 0.29) is 5.71 Å². The summed E-state index contributed by atoms with van der Waals surface area (Å²) in [4.78, 5) is 14.1. The quantitative estimate of drug-likeness (QED) is 0.494.